The first-order chi connectivity index (χ1) is 21.5. The van der Waals surface area contributed by atoms with Crippen LogP contribution >= 0.6 is 0 Å². The number of aliphatic hydroxyl groups excluding tert-OH is 1. The molecule has 0 atom stereocenters. The van der Waals surface area contributed by atoms with Gasteiger partial charge in [-0.05, 0) is 39.6 Å². The summed E-state index contributed by atoms with van der Waals surface area (Å²) in [4.78, 5) is 29.5. The zero-order valence-electron chi connectivity index (χ0n) is 28.7. The van der Waals surface area contributed by atoms with Crippen molar-refractivity contribution in [3.8, 4) is 11.1 Å². The van der Waals surface area contributed by atoms with Crippen molar-refractivity contribution in [2.24, 2.45) is 10.8 Å². The van der Waals surface area contributed by atoms with E-state index in [4.69, 9.17) is 0 Å². The van der Waals surface area contributed by atoms with Gasteiger partial charge in [0.2, 0.25) is 0 Å². The van der Waals surface area contributed by atoms with Gasteiger partial charge in [0.25, 0.3) is 5.56 Å². The van der Waals surface area contributed by atoms with E-state index in [2.05, 4.69) is 60.5 Å². The summed E-state index contributed by atoms with van der Waals surface area (Å²) in [5.41, 5.74) is 4.76. The molecule has 2 aromatic heterocycles. The number of allylic oxidation sites excluding steroid dienone is 2. The number of ketones is 1. The third kappa shape index (κ3) is 7.25. The molecule has 0 amide bonds. The standard InChI is InChI=1S/C30H23N2O.C11H20O2.Ir/c1-30(2,3)20-16-17-25-24(18-20)22-12-7-8-13-23(22)28-31-29(33)27-21(19-10-5-4-6-11-19)14-9-15-26(27)32(25)28;1-10(2,3)8(12)7-9(13)11(4,5)6;/h4-12,14-18H,1-3H3;7,12H,1-6H3;/q-1;;. The number of aromatic nitrogens is 2. The maximum absolute atomic E-state index is 13.4. The van der Waals surface area contributed by atoms with Crippen LogP contribution in [0.5, 0.6) is 0 Å². The minimum Gasteiger partial charge on any atom is -0.512 e. The summed E-state index contributed by atoms with van der Waals surface area (Å²) >= 11 is 0. The molecule has 1 radical (unpaired) electrons. The second-order valence-corrected chi connectivity index (χ2v) is 15.0. The number of carbonyl (C=O) groups is 1. The van der Waals surface area contributed by atoms with Crippen LogP contribution in [0.25, 0.3) is 49.4 Å². The van der Waals surface area contributed by atoms with E-state index in [-0.39, 0.29) is 48.0 Å². The number of carbonyl (C=O) groups excluding carboxylic acids is 1. The van der Waals surface area contributed by atoms with Gasteiger partial charge in [-0.15, -0.1) is 29.7 Å². The van der Waals surface area contributed by atoms with Gasteiger partial charge in [0.1, 0.15) is 5.76 Å². The predicted octanol–water partition coefficient (Wildman–Crippen LogP) is 10.0. The van der Waals surface area contributed by atoms with E-state index in [1.54, 1.807) is 0 Å². The van der Waals surface area contributed by atoms with Gasteiger partial charge in [-0.1, -0.05) is 122 Å². The fourth-order valence-electron chi connectivity index (χ4n) is 5.35. The summed E-state index contributed by atoms with van der Waals surface area (Å²) < 4.78 is 2.13. The van der Waals surface area contributed by atoms with Gasteiger partial charge in [0, 0.05) is 42.5 Å². The SMILES string of the molecule is CC(C)(C)C(=O)C=C(O)C(C)(C)C.CC(C)(C)c1ccc2c(c1)c1ccc[c-]c1c1nc(=O)c3c(-c4ccccc4)cccc3n21.[Ir]. The quantitative estimate of drug-likeness (QED) is 0.0819. The molecule has 0 aliphatic carbocycles. The summed E-state index contributed by atoms with van der Waals surface area (Å²) in [5.74, 6) is 0.104. The molecule has 6 aromatic rings. The molecule has 0 aliphatic heterocycles. The van der Waals surface area contributed by atoms with Crippen molar-refractivity contribution in [3.05, 3.63) is 119 Å². The number of rotatable bonds is 2. The van der Waals surface area contributed by atoms with Crippen molar-refractivity contribution >= 4 is 44.0 Å². The van der Waals surface area contributed by atoms with Crippen LogP contribution in [0.1, 0.15) is 67.9 Å². The topological polar surface area (TPSA) is 71.7 Å². The molecule has 5 nitrogen and oxygen atoms in total. The monoisotopic (exact) mass is 804 g/mol. The summed E-state index contributed by atoms with van der Waals surface area (Å²) in [6.45, 7) is 17.8. The Morgan fingerprint density at radius 2 is 1.47 bits per heavy atom. The molecule has 0 saturated heterocycles. The maximum atomic E-state index is 13.4. The fourth-order valence-corrected chi connectivity index (χ4v) is 5.35. The Morgan fingerprint density at radius 1 is 0.787 bits per heavy atom. The Labute approximate surface area is 290 Å². The molecule has 0 spiro atoms. The van der Waals surface area contributed by atoms with Gasteiger partial charge in [-0.2, -0.15) is 0 Å². The number of fused-ring (bicyclic) bond motifs is 8. The van der Waals surface area contributed by atoms with Crippen LogP contribution in [-0.2, 0) is 30.3 Å². The molecule has 0 aliphatic rings. The first-order valence-corrected chi connectivity index (χ1v) is 15.7. The Kier molecular flexibility index (Phi) is 10.0. The third-order valence-corrected chi connectivity index (χ3v) is 8.25. The molecule has 0 fully saturated rings. The summed E-state index contributed by atoms with van der Waals surface area (Å²) in [6, 6.07) is 32.0. The molecule has 4 aromatic carbocycles. The number of hydrogen-bond donors (Lipinski definition) is 1. The molecule has 2 heterocycles. The van der Waals surface area contributed by atoms with Crippen molar-refractivity contribution < 1.29 is 30.0 Å². The minimum absolute atomic E-state index is 0. The van der Waals surface area contributed by atoms with E-state index in [1.807, 2.05) is 102 Å². The van der Waals surface area contributed by atoms with Crippen LogP contribution in [0.2, 0.25) is 0 Å². The Hall–Kier alpha value is -4.12. The number of benzene rings is 4. The molecule has 47 heavy (non-hydrogen) atoms. The van der Waals surface area contributed by atoms with Crippen molar-refractivity contribution in [3.63, 3.8) is 0 Å². The molecule has 245 valence electrons. The zero-order chi connectivity index (χ0) is 33.6. The normalized spacial score (nSPS) is 12.6. The third-order valence-electron chi connectivity index (χ3n) is 8.25. The van der Waals surface area contributed by atoms with Crippen LogP contribution in [0.4, 0.5) is 0 Å². The van der Waals surface area contributed by atoms with E-state index in [9.17, 15) is 14.7 Å². The van der Waals surface area contributed by atoms with E-state index < -0.39 is 5.41 Å². The van der Waals surface area contributed by atoms with Gasteiger partial charge in [0.15, 0.2) is 5.78 Å². The molecular formula is C41H43IrN2O3-. The summed E-state index contributed by atoms with van der Waals surface area (Å²) in [6.07, 6.45) is 1.33. The van der Waals surface area contributed by atoms with Gasteiger partial charge in [0.05, 0.1) is 16.6 Å². The van der Waals surface area contributed by atoms with Crippen molar-refractivity contribution in [2.45, 2.75) is 67.7 Å². The van der Waals surface area contributed by atoms with Crippen molar-refractivity contribution in [1.29, 1.82) is 0 Å². The average molecular weight is 804 g/mol. The minimum atomic E-state index is -0.417. The van der Waals surface area contributed by atoms with Crippen molar-refractivity contribution in [1.82, 2.24) is 9.38 Å². The van der Waals surface area contributed by atoms with Gasteiger partial charge in [-0.3, -0.25) is 9.59 Å². The van der Waals surface area contributed by atoms with Crippen LogP contribution in [-0.4, -0.2) is 20.3 Å². The van der Waals surface area contributed by atoms with Gasteiger partial charge >= 0.3 is 0 Å². The Morgan fingerprint density at radius 3 is 2.09 bits per heavy atom. The average Bonchev–Trinajstić information content (AvgIpc) is 3.00. The molecule has 1 N–H and O–H groups in total. The molecule has 6 heteroatoms. The smallest absolute Gasteiger partial charge is 0.272 e. The van der Waals surface area contributed by atoms with Crippen LogP contribution in [0.15, 0.2) is 102 Å². The van der Waals surface area contributed by atoms with Crippen LogP contribution in [0.3, 0.4) is 0 Å². The van der Waals surface area contributed by atoms with E-state index in [0.29, 0.717) is 11.0 Å². The van der Waals surface area contributed by atoms with Crippen LogP contribution in [0, 0.1) is 16.9 Å². The molecule has 6 rings (SSSR count). The van der Waals surface area contributed by atoms with E-state index >= 15 is 0 Å². The number of pyridine rings is 1. The Balaban J connectivity index is 0.000000307. The largest absolute Gasteiger partial charge is 0.512 e. The molecule has 0 bridgehead atoms. The molecule has 0 unspecified atom stereocenters. The van der Waals surface area contributed by atoms with E-state index in [0.717, 1.165) is 38.3 Å². The number of hydrogen-bond acceptors (Lipinski definition) is 4. The predicted molar refractivity (Wildman–Crippen MR) is 192 cm³/mol. The van der Waals surface area contributed by atoms with Crippen molar-refractivity contribution in [2.75, 3.05) is 0 Å². The fraction of sp³-hybridized carbons (Fsp3) is 0.293. The number of nitrogens with zero attached hydrogens (tertiary/aromatic N) is 2. The molecule has 0 saturated carbocycles. The summed E-state index contributed by atoms with van der Waals surface area (Å²) in [5, 5.41) is 13.3. The number of aliphatic hydroxyl groups is 1. The Bertz CT molecular complexity index is 2190. The van der Waals surface area contributed by atoms with Crippen LogP contribution < -0.4 is 5.56 Å². The maximum Gasteiger partial charge on any atom is 0.272 e. The van der Waals surface area contributed by atoms with Gasteiger partial charge < -0.3 is 9.51 Å². The zero-order valence-corrected chi connectivity index (χ0v) is 31.0. The van der Waals surface area contributed by atoms with E-state index in [1.165, 1.54) is 11.6 Å². The van der Waals surface area contributed by atoms with Gasteiger partial charge in [-0.25, -0.2) is 4.98 Å². The molecular weight excluding hydrogens is 761 g/mol. The second-order valence-electron chi connectivity index (χ2n) is 15.0. The second kappa shape index (κ2) is 13.2. The first kappa shape index (κ1) is 35.7. The summed E-state index contributed by atoms with van der Waals surface area (Å²) in [7, 11) is 0. The first-order valence-electron chi connectivity index (χ1n) is 15.7.